The Bertz CT molecular complexity index is 1290. The van der Waals surface area contributed by atoms with Gasteiger partial charge < -0.3 is 4.52 Å². The molecule has 0 aliphatic rings. The minimum atomic E-state index is -1.55. The number of aryl methyl sites for hydroxylation is 1. The zero-order chi connectivity index (χ0) is 22.9. The Labute approximate surface area is 189 Å². The first-order valence-electron chi connectivity index (χ1n) is 10.5. The van der Waals surface area contributed by atoms with Gasteiger partial charge in [0.15, 0.2) is 5.58 Å². The Morgan fingerprint density at radius 1 is 1.09 bits per heavy atom. The molecule has 0 radical (unpaired) electrons. The van der Waals surface area contributed by atoms with Gasteiger partial charge in [-0.1, -0.05) is 41.6 Å². The van der Waals surface area contributed by atoms with Crippen LogP contribution in [0.2, 0.25) is 0 Å². The van der Waals surface area contributed by atoms with Crippen LogP contribution in [0.5, 0.6) is 0 Å². The summed E-state index contributed by atoms with van der Waals surface area (Å²) in [6.45, 7) is 5.57. The third-order valence-electron chi connectivity index (χ3n) is 5.81. The normalized spacial score (nSPS) is 13.9. The van der Waals surface area contributed by atoms with E-state index in [-0.39, 0.29) is 11.7 Å². The van der Waals surface area contributed by atoms with Crippen LogP contribution < -0.4 is 5.14 Å². The van der Waals surface area contributed by atoms with E-state index in [4.69, 9.17) is 9.66 Å². The van der Waals surface area contributed by atoms with E-state index in [1.54, 1.807) is 6.07 Å². The SMILES string of the molecule is Cc1ccc(F)c(C[C@@H](CC(C)(C)S(N)=O)c2ccccc2-c2noc3ccccc23)n1. The number of nitrogens with two attached hydrogens (primary N) is 1. The molecule has 0 amide bonds. The van der Waals surface area contributed by atoms with E-state index in [0.29, 0.717) is 24.1 Å². The average molecular weight is 452 g/mol. The molecule has 7 heteroatoms. The molecule has 5 nitrogen and oxygen atoms in total. The van der Waals surface area contributed by atoms with Crippen LogP contribution in [-0.4, -0.2) is 19.1 Å². The lowest BCUT2D eigenvalue weighted by Crippen LogP contribution is -2.34. The Morgan fingerprint density at radius 2 is 1.81 bits per heavy atom. The Morgan fingerprint density at radius 3 is 2.59 bits per heavy atom. The van der Waals surface area contributed by atoms with Gasteiger partial charge in [0.05, 0.1) is 21.4 Å². The predicted molar refractivity (Wildman–Crippen MR) is 126 cm³/mol. The van der Waals surface area contributed by atoms with Crippen LogP contribution in [0.25, 0.3) is 22.2 Å². The number of benzene rings is 2. The Balaban J connectivity index is 1.84. The molecule has 2 heterocycles. The zero-order valence-corrected chi connectivity index (χ0v) is 19.2. The smallest absolute Gasteiger partial charge is 0.167 e. The van der Waals surface area contributed by atoms with Gasteiger partial charge in [-0.2, -0.15) is 0 Å². The lowest BCUT2D eigenvalue weighted by molar-refractivity contribution is 0.459. The molecule has 166 valence electrons. The molecule has 32 heavy (non-hydrogen) atoms. The van der Waals surface area contributed by atoms with Crippen molar-refractivity contribution < 1.29 is 13.1 Å². The van der Waals surface area contributed by atoms with Crippen molar-refractivity contribution >= 4 is 22.0 Å². The van der Waals surface area contributed by atoms with Gasteiger partial charge in [-0.25, -0.2) is 8.60 Å². The maximum atomic E-state index is 14.6. The molecule has 4 rings (SSSR count). The second kappa shape index (κ2) is 8.92. The van der Waals surface area contributed by atoms with Gasteiger partial charge >= 0.3 is 0 Å². The fourth-order valence-electron chi connectivity index (χ4n) is 4.09. The summed E-state index contributed by atoms with van der Waals surface area (Å²) < 4.78 is 31.8. The molecular weight excluding hydrogens is 425 g/mol. The maximum Gasteiger partial charge on any atom is 0.167 e. The number of fused-ring (bicyclic) bond motifs is 1. The van der Waals surface area contributed by atoms with Crippen molar-refractivity contribution in [2.45, 2.75) is 44.3 Å². The minimum Gasteiger partial charge on any atom is -0.356 e. The number of hydrogen-bond acceptors (Lipinski definition) is 4. The van der Waals surface area contributed by atoms with E-state index < -0.39 is 15.7 Å². The number of hydrogen-bond donors (Lipinski definition) is 1. The first-order chi connectivity index (χ1) is 15.3. The van der Waals surface area contributed by atoms with Crippen LogP contribution in [0, 0.1) is 12.7 Å². The Hall–Kier alpha value is -2.90. The highest BCUT2D eigenvalue weighted by atomic mass is 32.2. The highest BCUT2D eigenvalue weighted by Gasteiger charge is 2.31. The van der Waals surface area contributed by atoms with Crippen LogP contribution in [0.4, 0.5) is 4.39 Å². The monoisotopic (exact) mass is 451 g/mol. The first kappa shape index (κ1) is 22.3. The molecule has 2 atom stereocenters. The lowest BCUT2D eigenvalue weighted by Gasteiger charge is -2.29. The molecule has 0 aliphatic carbocycles. The molecule has 0 bridgehead atoms. The fraction of sp³-hybridized carbons (Fsp3) is 0.280. The Kier molecular flexibility index (Phi) is 6.22. The van der Waals surface area contributed by atoms with Crippen molar-refractivity contribution in [2.24, 2.45) is 5.14 Å². The highest BCUT2D eigenvalue weighted by molar-refractivity contribution is 7.84. The van der Waals surface area contributed by atoms with E-state index in [1.165, 1.54) is 6.07 Å². The largest absolute Gasteiger partial charge is 0.356 e. The molecule has 0 aliphatic heterocycles. The van der Waals surface area contributed by atoms with Gasteiger partial charge in [-0.3, -0.25) is 10.1 Å². The number of halogens is 1. The summed E-state index contributed by atoms with van der Waals surface area (Å²) in [4.78, 5) is 4.44. The molecule has 0 fully saturated rings. The quantitative estimate of drug-likeness (QED) is 0.405. The third kappa shape index (κ3) is 4.49. The standard InChI is InChI=1S/C25H26FN3O2S/c1-16-12-13-21(26)22(28-16)14-17(15-25(2,3)32(27)30)18-8-4-5-9-19(18)24-20-10-6-7-11-23(20)31-29-24/h4-13,17H,14-15,27H2,1-3H3/t17-,32?/m0/s1. The summed E-state index contributed by atoms with van der Waals surface area (Å²) >= 11 is 0. The van der Waals surface area contributed by atoms with Gasteiger partial charge in [0.2, 0.25) is 0 Å². The van der Waals surface area contributed by atoms with E-state index in [0.717, 1.165) is 27.9 Å². The topological polar surface area (TPSA) is 82.0 Å². The molecule has 1 unspecified atom stereocenters. The average Bonchev–Trinajstić information content (AvgIpc) is 3.19. The minimum absolute atomic E-state index is 0.187. The molecular formula is C25H26FN3O2S. The summed E-state index contributed by atoms with van der Waals surface area (Å²) in [5.41, 5.74) is 4.42. The van der Waals surface area contributed by atoms with Crippen molar-refractivity contribution in [3.05, 3.63) is 83.4 Å². The van der Waals surface area contributed by atoms with Gasteiger partial charge in [0, 0.05) is 16.6 Å². The molecule has 2 N–H and O–H groups in total. The number of para-hydroxylation sites is 1. The molecule has 2 aromatic heterocycles. The van der Waals surface area contributed by atoms with Crippen LogP contribution in [-0.2, 0) is 17.4 Å². The maximum absolute atomic E-state index is 14.6. The lowest BCUT2D eigenvalue weighted by atomic mass is 9.82. The van der Waals surface area contributed by atoms with Crippen molar-refractivity contribution in [3.63, 3.8) is 0 Å². The van der Waals surface area contributed by atoms with Crippen LogP contribution in [0.15, 0.2) is 65.2 Å². The molecule has 4 aromatic rings. The third-order valence-corrected chi connectivity index (χ3v) is 7.07. The number of aromatic nitrogens is 2. The zero-order valence-electron chi connectivity index (χ0n) is 18.3. The summed E-state index contributed by atoms with van der Waals surface area (Å²) in [5, 5.41) is 11.0. The van der Waals surface area contributed by atoms with E-state index in [9.17, 15) is 8.60 Å². The van der Waals surface area contributed by atoms with Crippen molar-refractivity contribution in [3.8, 4) is 11.3 Å². The summed E-state index contributed by atoms with van der Waals surface area (Å²) in [6.07, 6.45) is 0.832. The second-order valence-corrected chi connectivity index (χ2v) is 10.4. The summed E-state index contributed by atoms with van der Waals surface area (Å²) in [5.74, 6) is -0.537. The molecule has 0 saturated heterocycles. The summed E-state index contributed by atoms with van der Waals surface area (Å²) in [7, 11) is -1.55. The van der Waals surface area contributed by atoms with Crippen molar-refractivity contribution in [1.82, 2.24) is 10.1 Å². The first-order valence-corrected chi connectivity index (χ1v) is 11.7. The highest BCUT2D eigenvalue weighted by Crippen LogP contribution is 2.39. The number of nitrogens with zero attached hydrogens (tertiary/aromatic N) is 2. The van der Waals surface area contributed by atoms with E-state index in [2.05, 4.69) is 10.1 Å². The van der Waals surface area contributed by atoms with Crippen LogP contribution >= 0.6 is 0 Å². The van der Waals surface area contributed by atoms with Crippen LogP contribution in [0.3, 0.4) is 0 Å². The van der Waals surface area contributed by atoms with Gasteiger partial charge in [0.25, 0.3) is 0 Å². The number of pyridine rings is 1. The van der Waals surface area contributed by atoms with Crippen molar-refractivity contribution in [1.29, 1.82) is 0 Å². The van der Waals surface area contributed by atoms with Gasteiger partial charge in [0.1, 0.15) is 11.5 Å². The second-order valence-electron chi connectivity index (χ2n) is 8.66. The summed E-state index contributed by atoms with van der Waals surface area (Å²) in [6, 6.07) is 18.7. The van der Waals surface area contributed by atoms with Crippen molar-refractivity contribution in [2.75, 3.05) is 0 Å². The number of rotatable bonds is 7. The fourth-order valence-corrected chi connectivity index (χ4v) is 4.45. The molecule has 2 aromatic carbocycles. The predicted octanol–water partition coefficient (Wildman–Crippen LogP) is 5.45. The van der Waals surface area contributed by atoms with Gasteiger partial charge in [-0.15, -0.1) is 0 Å². The van der Waals surface area contributed by atoms with E-state index >= 15 is 0 Å². The van der Waals surface area contributed by atoms with Crippen LogP contribution in [0.1, 0.15) is 43.1 Å². The molecule has 0 spiro atoms. The van der Waals surface area contributed by atoms with Gasteiger partial charge in [-0.05, 0) is 69.4 Å². The molecule has 0 saturated carbocycles. The van der Waals surface area contributed by atoms with E-state index in [1.807, 2.05) is 69.3 Å².